The van der Waals surface area contributed by atoms with Gasteiger partial charge in [-0.05, 0) is 41.8 Å². The van der Waals surface area contributed by atoms with Gasteiger partial charge in [0.1, 0.15) is 0 Å². The van der Waals surface area contributed by atoms with Crippen LogP contribution in [0.1, 0.15) is 17.5 Å². The Hall–Kier alpha value is -2.44. The number of benzene rings is 2. The van der Waals surface area contributed by atoms with E-state index in [1.165, 1.54) is 5.56 Å². The van der Waals surface area contributed by atoms with Crippen LogP contribution in [0.5, 0.6) is 11.5 Å². The molecular weight excluding hydrogens is 390 g/mol. The number of methoxy groups -OCH3 is 2. The normalized spacial score (nSPS) is 14.9. The third-order valence-electron chi connectivity index (χ3n) is 5.09. The highest BCUT2D eigenvalue weighted by Crippen LogP contribution is 2.27. The molecule has 0 saturated carbocycles. The summed E-state index contributed by atoms with van der Waals surface area (Å²) in [5.41, 5.74) is 2.20. The molecule has 0 unspecified atom stereocenters. The Morgan fingerprint density at radius 1 is 0.966 bits per heavy atom. The van der Waals surface area contributed by atoms with Gasteiger partial charge in [-0.1, -0.05) is 29.8 Å². The van der Waals surface area contributed by atoms with Crippen molar-refractivity contribution in [2.75, 3.05) is 40.4 Å². The maximum Gasteiger partial charge on any atom is 0.317 e. The van der Waals surface area contributed by atoms with Gasteiger partial charge < -0.3 is 19.7 Å². The number of carbonyl (C=O) groups is 1. The molecule has 0 aliphatic carbocycles. The molecule has 1 saturated heterocycles. The van der Waals surface area contributed by atoms with Crippen LogP contribution in [0, 0.1) is 0 Å². The van der Waals surface area contributed by atoms with Crippen molar-refractivity contribution < 1.29 is 14.3 Å². The Morgan fingerprint density at radius 3 is 2.41 bits per heavy atom. The van der Waals surface area contributed by atoms with Gasteiger partial charge in [0.2, 0.25) is 0 Å². The highest BCUT2D eigenvalue weighted by atomic mass is 35.5. The summed E-state index contributed by atoms with van der Waals surface area (Å²) >= 11 is 5.96. The number of urea groups is 1. The molecule has 3 rings (SSSR count). The number of hydrogen-bond donors (Lipinski definition) is 1. The summed E-state index contributed by atoms with van der Waals surface area (Å²) in [5.74, 6) is 1.34. The molecule has 0 atom stereocenters. The Morgan fingerprint density at radius 2 is 1.69 bits per heavy atom. The van der Waals surface area contributed by atoms with E-state index >= 15 is 0 Å². The molecule has 2 aromatic carbocycles. The molecule has 0 radical (unpaired) electrons. The van der Waals surface area contributed by atoms with Gasteiger partial charge in [0, 0.05) is 44.3 Å². The number of amides is 2. The van der Waals surface area contributed by atoms with Crippen molar-refractivity contribution in [3.63, 3.8) is 0 Å². The van der Waals surface area contributed by atoms with Crippen LogP contribution in [0.2, 0.25) is 5.02 Å². The summed E-state index contributed by atoms with van der Waals surface area (Å²) in [6, 6.07) is 13.6. The molecule has 1 N–H and O–H groups in total. The molecule has 29 heavy (non-hydrogen) atoms. The number of carbonyl (C=O) groups excluding carboxylic acids is 1. The van der Waals surface area contributed by atoms with E-state index in [0.29, 0.717) is 24.6 Å². The predicted molar refractivity (Wildman–Crippen MR) is 115 cm³/mol. The first-order valence-electron chi connectivity index (χ1n) is 9.79. The first-order valence-corrected chi connectivity index (χ1v) is 10.2. The number of ether oxygens (including phenoxy) is 2. The van der Waals surface area contributed by atoms with Crippen molar-refractivity contribution in [3.05, 3.63) is 58.6 Å². The zero-order valence-electron chi connectivity index (χ0n) is 17.0. The van der Waals surface area contributed by atoms with E-state index in [2.05, 4.69) is 22.3 Å². The largest absolute Gasteiger partial charge is 0.493 e. The number of halogens is 1. The lowest BCUT2D eigenvalue weighted by molar-refractivity contribution is 0.197. The van der Waals surface area contributed by atoms with Crippen molar-refractivity contribution in [3.8, 4) is 11.5 Å². The van der Waals surface area contributed by atoms with Crippen LogP contribution >= 0.6 is 11.6 Å². The van der Waals surface area contributed by atoms with Crippen LogP contribution in [-0.2, 0) is 13.1 Å². The minimum absolute atomic E-state index is 0.0341. The topological polar surface area (TPSA) is 54.0 Å². The molecule has 7 heteroatoms. The van der Waals surface area contributed by atoms with Gasteiger partial charge >= 0.3 is 6.03 Å². The molecule has 0 bridgehead atoms. The second kappa shape index (κ2) is 10.4. The van der Waals surface area contributed by atoms with Gasteiger partial charge in [0.05, 0.1) is 14.2 Å². The Bertz CT molecular complexity index is 813. The van der Waals surface area contributed by atoms with E-state index in [4.69, 9.17) is 21.1 Å². The SMILES string of the molecule is COc1ccc(CNC(=O)N2CCCN(Cc3ccc(Cl)cc3)CC2)cc1OC. The lowest BCUT2D eigenvalue weighted by atomic mass is 10.2. The molecule has 0 spiro atoms. The molecule has 156 valence electrons. The predicted octanol–water partition coefficient (Wildman–Crippen LogP) is 3.77. The van der Waals surface area contributed by atoms with E-state index in [1.807, 2.05) is 35.2 Å². The van der Waals surface area contributed by atoms with Gasteiger partial charge in [0.25, 0.3) is 0 Å². The van der Waals surface area contributed by atoms with Crippen LogP contribution in [-0.4, -0.2) is 56.2 Å². The molecule has 1 heterocycles. The lowest BCUT2D eigenvalue weighted by Gasteiger charge is -2.22. The molecule has 0 aromatic heterocycles. The van der Waals surface area contributed by atoms with Crippen molar-refractivity contribution in [1.29, 1.82) is 0 Å². The lowest BCUT2D eigenvalue weighted by Crippen LogP contribution is -2.41. The summed E-state index contributed by atoms with van der Waals surface area (Å²) in [4.78, 5) is 16.9. The van der Waals surface area contributed by atoms with Gasteiger partial charge in [-0.25, -0.2) is 4.79 Å². The van der Waals surface area contributed by atoms with Crippen molar-refractivity contribution in [1.82, 2.24) is 15.1 Å². The maximum atomic E-state index is 12.6. The van der Waals surface area contributed by atoms with Gasteiger partial charge in [-0.3, -0.25) is 4.90 Å². The van der Waals surface area contributed by atoms with Crippen molar-refractivity contribution in [2.45, 2.75) is 19.5 Å². The van der Waals surface area contributed by atoms with Gasteiger partial charge in [0.15, 0.2) is 11.5 Å². The molecular formula is C22H28ClN3O3. The molecule has 2 amide bonds. The zero-order chi connectivity index (χ0) is 20.6. The standard InChI is InChI=1S/C22H28ClN3O3/c1-28-20-9-6-18(14-21(20)29-2)15-24-22(27)26-11-3-10-25(12-13-26)16-17-4-7-19(23)8-5-17/h4-9,14H,3,10-13,15-16H2,1-2H3,(H,24,27). The Labute approximate surface area is 177 Å². The quantitative estimate of drug-likeness (QED) is 0.777. The molecule has 1 aliphatic heterocycles. The second-order valence-electron chi connectivity index (χ2n) is 7.09. The first-order chi connectivity index (χ1) is 14.1. The fourth-order valence-corrected chi connectivity index (χ4v) is 3.59. The van der Waals surface area contributed by atoms with Crippen LogP contribution < -0.4 is 14.8 Å². The summed E-state index contributed by atoms with van der Waals surface area (Å²) in [6.45, 7) is 4.62. The van der Waals surface area contributed by atoms with E-state index < -0.39 is 0 Å². The smallest absolute Gasteiger partial charge is 0.317 e. The van der Waals surface area contributed by atoms with E-state index in [0.717, 1.165) is 43.2 Å². The van der Waals surface area contributed by atoms with E-state index in [1.54, 1.807) is 14.2 Å². The third-order valence-corrected chi connectivity index (χ3v) is 5.34. The molecule has 1 fully saturated rings. The zero-order valence-corrected chi connectivity index (χ0v) is 17.7. The minimum atomic E-state index is -0.0341. The van der Waals surface area contributed by atoms with E-state index in [-0.39, 0.29) is 6.03 Å². The Balaban J connectivity index is 1.49. The van der Waals surface area contributed by atoms with Crippen LogP contribution in [0.15, 0.2) is 42.5 Å². The average Bonchev–Trinajstić information content (AvgIpc) is 2.99. The van der Waals surface area contributed by atoms with Crippen molar-refractivity contribution >= 4 is 17.6 Å². The summed E-state index contributed by atoms with van der Waals surface area (Å²) < 4.78 is 10.6. The molecule has 2 aromatic rings. The second-order valence-corrected chi connectivity index (χ2v) is 7.53. The van der Waals surface area contributed by atoms with Crippen LogP contribution in [0.25, 0.3) is 0 Å². The number of nitrogens with one attached hydrogen (secondary N) is 1. The van der Waals surface area contributed by atoms with E-state index in [9.17, 15) is 4.79 Å². The maximum absolute atomic E-state index is 12.6. The number of rotatable bonds is 6. The fraction of sp³-hybridized carbons (Fsp3) is 0.409. The Kier molecular flexibility index (Phi) is 7.61. The van der Waals surface area contributed by atoms with Crippen molar-refractivity contribution in [2.24, 2.45) is 0 Å². The summed E-state index contributed by atoms with van der Waals surface area (Å²) in [5, 5.41) is 3.77. The van der Waals surface area contributed by atoms with Crippen LogP contribution in [0.4, 0.5) is 4.79 Å². The minimum Gasteiger partial charge on any atom is -0.493 e. The third kappa shape index (κ3) is 6.02. The first kappa shape index (κ1) is 21.3. The van der Waals surface area contributed by atoms with Gasteiger partial charge in [-0.15, -0.1) is 0 Å². The number of nitrogens with zero attached hydrogens (tertiary/aromatic N) is 2. The molecule has 6 nitrogen and oxygen atoms in total. The summed E-state index contributed by atoms with van der Waals surface area (Å²) in [7, 11) is 3.21. The molecule has 1 aliphatic rings. The van der Waals surface area contributed by atoms with Crippen LogP contribution in [0.3, 0.4) is 0 Å². The average molecular weight is 418 g/mol. The van der Waals surface area contributed by atoms with Gasteiger partial charge in [-0.2, -0.15) is 0 Å². The highest BCUT2D eigenvalue weighted by molar-refractivity contribution is 6.30. The number of hydrogen-bond acceptors (Lipinski definition) is 4. The monoisotopic (exact) mass is 417 g/mol. The fourth-order valence-electron chi connectivity index (χ4n) is 3.46. The summed E-state index contributed by atoms with van der Waals surface area (Å²) in [6.07, 6.45) is 0.956. The highest BCUT2D eigenvalue weighted by Gasteiger charge is 2.19.